The van der Waals surface area contributed by atoms with E-state index in [1.54, 1.807) is 0 Å². The normalized spacial score (nSPS) is 21.9. The summed E-state index contributed by atoms with van der Waals surface area (Å²) in [5, 5.41) is 3.30. The van der Waals surface area contributed by atoms with Gasteiger partial charge in [-0.15, -0.1) is 11.6 Å². The Kier molecular flexibility index (Phi) is 7.72. The minimum atomic E-state index is -0.318. The standard InChI is InChI=1S/C6H13ClN2.C5H10O2/c1-6-4-8-2-3-9(6)5-7;1-5(2,3)7-4-6/h6,8H,2-5H2,1H3;4H,1-3H3. The van der Waals surface area contributed by atoms with Crippen molar-refractivity contribution in [3.8, 4) is 0 Å². The van der Waals surface area contributed by atoms with Crippen molar-refractivity contribution in [3.63, 3.8) is 0 Å². The lowest BCUT2D eigenvalue weighted by Gasteiger charge is -2.31. The Morgan fingerprint density at radius 2 is 2.19 bits per heavy atom. The van der Waals surface area contributed by atoms with Crippen LogP contribution in [-0.2, 0) is 9.53 Å². The topological polar surface area (TPSA) is 41.6 Å². The summed E-state index contributed by atoms with van der Waals surface area (Å²) in [6.07, 6.45) is 0. The highest BCUT2D eigenvalue weighted by atomic mass is 35.5. The van der Waals surface area contributed by atoms with Crippen LogP contribution in [0.1, 0.15) is 27.7 Å². The highest BCUT2D eigenvalue weighted by Gasteiger charge is 2.15. The molecule has 5 heteroatoms. The third-order valence-corrected chi connectivity index (χ3v) is 2.50. The Morgan fingerprint density at radius 3 is 2.44 bits per heavy atom. The van der Waals surface area contributed by atoms with Crippen LogP contribution in [0, 0.1) is 0 Å². The summed E-state index contributed by atoms with van der Waals surface area (Å²) in [7, 11) is 0. The first-order valence-corrected chi connectivity index (χ1v) is 6.06. The molecule has 0 aromatic rings. The highest BCUT2D eigenvalue weighted by molar-refractivity contribution is 6.17. The van der Waals surface area contributed by atoms with Gasteiger partial charge in [-0.05, 0) is 27.7 Å². The van der Waals surface area contributed by atoms with E-state index in [0.29, 0.717) is 18.5 Å². The van der Waals surface area contributed by atoms with Crippen molar-refractivity contribution in [2.24, 2.45) is 0 Å². The fourth-order valence-electron chi connectivity index (χ4n) is 1.20. The summed E-state index contributed by atoms with van der Waals surface area (Å²) in [6.45, 7) is 11.4. The molecule has 1 N–H and O–H groups in total. The number of piperazine rings is 1. The van der Waals surface area contributed by atoms with Gasteiger partial charge in [0.15, 0.2) is 0 Å². The Bertz CT molecular complexity index is 195. The van der Waals surface area contributed by atoms with E-state index in [9.17, 15) is 4.79 Å². The molecule has 0 bridgehead atoms. The summed E-state index contributed by atoms with van der Waals surface area (Å²) in [4.78, 5) is 11.9. The van der Waals surface area contributed by atoms with Crippen LogP contribution in [0.4, 0.5) is 0 Å². The molecule has 1 unspecified atom stereocenters. The summed E-state index contributed by atoms with van der Waals surface area (Å²) in [5.74, 6) is 0. The van der Waals surface area contributed by atoms with Crippen LogP contribution < -0.4 is 5.32 Å². The number of alkyl halides is 1. The molecule has 0 amide bonds. The average Bonchev–Trinajstić information content (AvgIpc) is 2.17. The number of carbonyl (C=O) groups excluding carboxylic acids is 1. The fraction of sp³-hybridized carbons (Fsp3) is 0.909. The Labute approximate surface area is 103 Å². The van der Waals surface area contributed by atoms with E-state index >= 15 is 0 Å². The maximum absolute atomic E-state index is 9.60. The third kappa shape index (κ3) is 7.91. The van der Waals surface area contributed by atoms with Crippen molar-refractivity contribution >= 4 is 18.1 Å². The molecule has 1 fully saturated rings. The average molecular weight is 251 g/mol. The molecule has 1 aliphatic rings. The molecule has 0 saturated carbocycles. The Morgan fingerprint density at radius 1 is 1.56 bits per heavy atom. The van der Waals surface area contributed by atoms with E-state index in [-0.39, 0.29) is 5.60 Å². The number of hydrogen-bond donors (Lipinski definition) is 1. The Hall–Kier alpha value is -0.320. The number of nitrogens with zero attached hydrogens (tertiary/aromatic N) is 1. The number of rotatable bonds is 2. The number of carbonyl (C=O) groups is 1. The SMILES string of the molecule is CC(C)(C)OC=O.CC1CNCCN1CCl. The molecule has 0 aromatic carbocycles. The first-order chi connectivity index (χ1) is 7.40. The second kappa shape index (κ2) is 7.87. The molecule has 1 saturated heterocycles. The summed E-state index contributed by atoms with van der Waals surface area (Å²) < 4.78 is 4.55. The Balaban J connectivity index is 0.000000293. The predicted molar refractivity (Wildman–Crippen MR) is 66.7 cm³/mol. The van der Waals surface area contributed by atoms with Gasteiger partial charge in [0.25, 0.3) is 6.47 Å². The number of nitrogens with one attached hydrogen (secondary N) is 1. The van der Waals surface area contributed by atoms with E-state index in [0.717, 1.165) is 19.6 Å². The highest BCUT2D eigenvalue weighted by Crippen LogP contribution is 2.03. The van der Waals surface area contributed by atoms with Gasteiger partial charge in [-0.25, -0.2) is 0 Å². The molecular formula is C11H23ClN2O2. The lowest BCUT2D eigenvalue weighted by molar-refractivity contribution is -0.138. The van der Waals surface area contributed by atoms with E-state index in [1.807, 2.05) is 20.8 Å². The molecule has 4 nitrogen and oxygen atoms in total. The zero-order valence-electron chi connectivity index (χ0n) is 10.6. The van der Waals surface area contributed by atoms with Gasteiger partial charge in [0, 0.05) is 25.7 Å². The van der Waals surface area contributed by atoms with Crippen LogP contribution >= 0.6 is 11.6 Å². The molecule has 16 heavy (non-hydrogen) atoms. The van der Waals surface area contributed by atoms with Crippen molar-refractivity contribution < 1.29 is 9.53 Å². The van der Waals surface area contributed by atoms with Gasteiger partial charge < -0.3 is 10.1 Å². The van der Waals surface area contributed by atoms with Gasteiger partial charge >= 0.3 is 0 Å². The molecule has 96 valence electrons. The number of hydrogen-bond acceptors (Lipinski definition) is 4. The summed E-state index contributed by atoms with van der Waals surface area (Å²) in [5.41, 5.74) is -0.318. The quantitative estimate of drug-likeness (QED) is 0.458. The first-order valence-electron chi connectivity index (χ1n) is 5.53. The summed E-state index contributed by atoms with van der Waals surface area (Å²) in [6, 6.07) is 1.28. The molecule has 1 aliphatic heterocycles. The molecular weight excluding hydrogens is 228 g/mol. The van der Waals surface area contributed by atoms with Crippen LogP contribution in [0.3, 0.4) is 0 Å². The largest absolute Gasteiger partial charge is 0.462 e. The lowest BCUT2D eigenvalue weighted by Crippen LogP contribution is -2.48. The van der Waals surface area contributed by atoms with Crippen LogP contribution in [-0.4, -0.2) is 48.7 Å². The van der Waals surface area contributed by atoms with Crippen LogP contribution in [0.15, 0.2) is 0 Å². The van der Waals surface area contributed by atoms with E-state index < -0.39 is 0 Å². The fourth-order valence-corrected chi connectivity index (χ4v) is 1.56. The van der Waals surface area contributed by atoms with Crippen LogP contribution in [0.2, 0.25) is 0 Å². The van der Waals surface area contributed by atoms with Crippen molar-refractivity contribution in [1.29, 1.82) is 0 Å². The second-order valence-electron chi connectivity index (χ2n) is 4.81. The van der Waals surface area contributed by atoms with Crippen molar-refractivity contribution in [1.82, 2.24) is 10.2 Å². The maximum atomic E-state index is 9.60. The molecule has 0 radical (unpaired) electrons. The van der Waals surface area contributed by atoms with Gasteiger partial charge in [0.05, 0.1) is 6.00 Å². The van der Waals surface area contributed by atoms with Crippen molar-refractivity contribution in [2.75, 3.05) is 25.6 Å². The summed E-state index contributed by atoms with van der Waals surface area (Å²) >= 11 is 5.67. The second-order valence-corrected chi connectivity index (χ2v) is 5.05. The first kappa shape index (κ1) is 15.7. The van der Waals surface area contributed by atoms with Gasteiger partial charge in [0.2, 0.25) is 0 Å². The molecule has 0 spiro atoms. The van der Waals surface area contributed by atoms with Crippen LogP contribution in [0.5, 0.6) is 0 Å². The van der Waals surface area contributed by atoms with Crippen molar-refractivity contribution in [3.05, 3.63) is 0 Å². The number of halogens is 1. The predicted octanol–water partition coefficient (Wildman–Crippen LogP) is 1.43. The van der Waals surface area contributed by atoms with Gasteiger partial charge in [-0.3, -0.25) is 9.69 Å². The zero-order valence-corrected chi connectivity index (χ0v) is 11.4. The van der Waals surface area contributed by atoms with Gasteiger partial charge in [0.1, 0.15) is 5.60 Å². The van der Waals surface area contributed by atoms with Gasteiger partial charge in [-0.2, -0.15) is 0 Å². The maximum Gasteiger partial charge on any atom is 0.293 e. The molecule has 0 aliphatic carbocycles. The van der Waals surface area contributed by atoms with Crippen LogP contribution in [0.25, 0.3) is 0 Å². The third-order valence-electron chi connectivity index (χ3n) is 2.19. The van der Waals surface area contributed by atoms with Crippen molar-refractivity contribution in [2.45, 2.75) is 39.3 Å². The monoisotopic (exact) mass is 250 g/mol. The number of ether oxygens (including phenoxy) is 1. The van der Waals surface area contributed by atoms with E-state index in [4.69, 9.17) is 11.6 Å². The molecule has 1 atom stereocenters. The van der Waals surface area contributed by atoms with Gasteiger partial charge in [-0.1, -0.05) is 0 Å². The lowest BCUT2D eigenvalue weighted by atomic mass is 10.2. The molecule has 0 aromatic heterocycles. The minimum Gasteiger partial charge on any atom is -0.462 e. The molecule has 1 rings (SSSR count). The minimum absolute atomic E-state index is 0.318. The van der Waals surface area contributed by atoms with E-state index in [2.05, 4.69) is 21.9 Å². The molecule has 1 heterocycles. The zero-order chi connectivity index (χ0) is 12.6. The smallest absolute Gasteiger partial charge is 0.293 e. The van der Waals surface area contributed by atoms with E-state index in [1.165, 1.54) is 0 Å².